The number of likely N-dealkylation sites (tertiary alicyclic amines) is 1. The van der Waals surface area contributed by atoms with Gasteiger partial charge in [-0.05, 0) is 37.1 Å². The number of carbonyl (C=O) groups excluding carboxylic acids is 2. The van der Waals surface area contributed by atoms with Crippen LogP contribution in [0, 0.1) is 0 Å². The van der Waals surface area contributed by atoms with E-state index in [0.29, 0.717) is 5.56 Å². The molecule has 2 aliphatic rings. The van der Waals surface area contributed by atoms with Gasteiger partial charge in [-0.3, -0.25) is 14.5 Å². The second-order valence-electron chi connectivity index (χ2n) is 7.25. The summed E-state index contributed by atoms with van der Waals surface area (Å²) in [6, 6.07) is 15.2. The van der Waals surface area contributed by atoms with Gasteiger partial charge in [0.1, 0.15) is 0 Å². The molecular weight excluding hydrogens is 338 g/mol. The van der Waals surface area contributed by atoms with Gasteiger partial charge in [-0.1, -0.05) is 24.3 Å². The highest BCUT2D eigenvalue weighted by atomic mass is 16.2. The van der Waals surface area contributed by atoms with Crippen LogP contribution in [-0.2, 0) is 4.79 Å². The highest BCUT2D eigenvalue weighted by Gasteiger charge is 2.37. The molecule has 27 heavy (non-hydrogen) atoms. The lowest BCUT2D eigenvalue weighted by Crippen LogP contribution is -2.24. The SMILES string of the molecule is CN(C)C(=O)c1cccc(N2C(=O)C(=C3CCCN3C)c3ccccc32)c1. The average Bonchev–Trinajstić information content (AvgIpc) is 3.20. The number of hydrogen-bond donors (Lipinski definition) is 0. The van der Waals surface area contributed by atoms with E-state index < -0.39 is 0 Å². The smallest absolute Gasteiger partial charge is 0.265 e. The standard InChI is InChI=1S/C22H23N3O2/c1-23(2)21(26)15-8-6-9-16(14-15)25-18-11-5-4-10-17(18)20(22(25)27)19-12-7-13-24(19)3/h4-6,8-11,14H,7,12-13H2,1-3H3. The zero-order valence-electron chi connectivity index (χ0n) is 15.9. The van der Waals surface area contributed by atoms with Crippen molar-refractivity contribution < 1.29 is 9.59 Å². The fraction of sp³-hybridized carbons (Fsp3) is 0.273. The maximum Gasteiger partial charge on any atom is 0.265 e. The van der Waals surface area contributed by atoms with Gasteiger partial charge >= 0.3 is 0 Å². The number of fused-ring (bicyclic) bond motifs is 1. The van der Waals surface area contributed by atoms with E-state index in [2.05, 4.69) is 4.90 Å². The van der Waals surface area contributed by atoms with Gasteiger partial charge in [0.05, 0.1) is 16.9 Å². The van der Waals surface area contributed by atoms with Gasteiger partial charge in [0.25, 0.3) is 11.8 Å². The van der Waals surface area contributed by atoms with Crippen molar-refractivity contribution in [3.8, 4) is 0 Å². The Kier molecular flexibility index (Phi) is 4.22. The molecule has 0 aliphatic carbocycles. The predicted octanol–water partition coefficient (Wildman–Crippen LogP) is 3.50. The number of allylic oxidation sites excluding steroid dienone is 1. The lowest BCUT2D eigenvalue weighted by molar-refractivity contribution is -0.112. The highest BCUT2D eigenvalue weighted by molar-refractivity contribution is 6.35. The molecule has 0 saturated carbocycles. The van der Waals surface area contributed by atoms with Gasteiger partial charge in [-0.2, -0.15) is 0 Å². The quantitative estimate of drug-likeness (QED) is 0.769. The van der Waals surface area contributed by atoms with Gasteiger partial charge in [0.2, 0.25) is 0 Å². The van der Waals surface area contributed by atoms with E-state index in [4.69, 9.17) is 0 Å². The Bertz CT molecular complexity index is 962. The van der Waals surface area contributed by atoms with Gasteiger partial charge in [-0.15, -0.1) is 0 Å². The Labute approximate surface area is 159 Å². The summed E-state index contributed by atoms with van der Waals surface area (Å²) >= 11 is 0. The lowest BCUT2D eigenvalue weighted by atomic mass is 10.0. The van der Waals surface area contributed by atoms with Crippen molar-refractivity contribution in [2.24, 2.45) is 0 Å². The van der Waals surface area contributed by atoms with Crippen LogP contribution in [0.15, 0.2) is 54.2 Å². The van der Waals surface area contributed by atoms with Crippen LogP contribution in [0.1, 0.15) is 28.8 Å². The van der Waals surface area contributed by atoms with Crippen LogP contribution < -0.4 is 4.90 Å². The van der Waals surface area contributed by atoms with Crippen molar-refractivity contribution in [3.63, 3.8) is 0 Å². The third-order valence-electron chi connectivity index (χ3n) is 5.25. The second kappa shape index (κ2) is 6.58. The zero-order valence-corrected chi connectivity index (χ0v) is 15.9. The van der Waals surface area contributed by atoms with Crippen LogP contribution in [0.3, 0.4) is 0 Å². The van der Waals surface area contributed by atoms with Crippen LogP contribution in [0.4, 0.5) is 11.4 Å². The van der Waals surface area contributed by atoms with E-state index >= 15 is 0 Å². The summed E-state index contributed by atoms with van der Waals surface area (Å²) in [5.41, 5.74) is 5.03. The molecule has 0 N–H and O–H groups in total. The molecule has 138 valence electrons. The van der Waals surface area contributed by atoms with E-state index in [1.165, 1.54) is 0 Å². The molecular formula is C22H23N3O2. The number of para-hydroxylation sites is 1. The molecule has 1 fully saturated rings. The van der Waals surface area contributed by atoms with E-state index in [1.54, 1.807) is 36.0 Å². The molecule has 0 bridgehead atoms. The minimum Gasteiger partial charge on any atom is -0.377 e. The Hall–Kier alpha value is -3.08. The Morgan fingerprint density at radius 1 is 1.07 bits per heavy atom. The minimum atomic E-state index is -0.0779. The summed E-state index contributed by atoms with van der Waals surface area (Å²) in [6.07, 6.45) is 1.98. The Morgan fingerprint density at radius 3 is 2.56 bits per heavy atom. The lowest BCUT2D eigenvalue weighted by Gasteiger charge is -2.19. The largest absolute Gasteiger partial charge is 0.377 e. The van der Waals surface area contributed by atoms with Gasteiger partial charge in [0, 0.05) is 44.5 Å². The molecule has 0 unspecified atom stereocenters. The summed E-state index contributed by atoms with van der Waals surface area (Å²) < 4.78 is 0. The maximum atomic E-state index is 13.5. The molecule has 1 saturated heterocycles. The van der Waals surface area contributed by atoms with E-state index in [-0.39, 0.29) is 11.8 Å². The van der Waals surface area contributed by atoms with E-state index in [9.17, 15) is 9.59 Å². The van der Waals surface area contributed by atoms with Crippen LogP contribution >= 0.6 is 0 Å². The first-order valence-electron chi connectivity index (χ1n) is 9.19. The molecule has 5 nitrogen and oxygen atoms in total. The minimum absolute atomic E-state index is 0.0191. The summed E-state index contributed by atoms with van der Waals surface area (Å²) in [5, 5.41) is 0. The monoisotopic (exact) mass is 361 g/mol. The number of rotatable bonds is 2. The van der Waals surface area contributed by atoms with E-state index in [1.807, 2.05) is 43.4 Å². The fourth-order valence-corrected chi connectivity index (χ4v) is 3.91. The number of amides is 2. The average molecular weight is 361 g/mol. The molecule has 2 aromatic rings. The van der Waals surface area contributed by atoms with Gasteiger partial charge in [0.15, 0.2) is 0 Å². The third kappa shape index (κ3) is 2.79. The van der Waals surface area contributed by atoms with Crippen molar-refractivity contribution in [2.45, 2.75) is 12.8 Å². The maximum absolute atomic E-state index is 13.5. The van der Waals surface area contributed by atoms with Gasteiger partial charge in [-0.25, -0.2) is 0 Å². The van der Waals surface area contributed by atoms with Crippen molar-refractivity contribution in [1.29, 1.82) is 0 Å². The van der Waals surface area contributed by atoms with Crippen molar-refractivity contribution in [1.82, 2.24) is 9.80 Å². The molecule has 0 atom stereocenters. The Balaban J connectivity index is 1.85. The molecule has 2 aromatic carbocycles. The molecule has 2 heterocycles. The normalized spacial score (nSPS) is 18.9. The van der Waals surface area contributed by atoms with Crippen LogP contribution in [-0.4, -0.2) is 49.3 Å². The van der Waals surface area contributed by atoms with Gasteiger partial charge < -0.3 is 9.80 Å². The number of nitrogens with zero attached hydrogens (tertiary/aromatic N) is 3. The number of carbonyl (C=O) groups is 2. The van der Waals surface area contributed by atoms with Crippen molar-refractivity contribution in [3.05, 3.63) is 65.4 Å². The van der Waals surface area contributed by atoms with E-state index in [0.717, 1.165) is 47.6 Å². The molecule has 4 rings (SSSR count). The molecule has 0 aromatic heterocycles. The first-order valence-corrected chi connectivity index (χ1v) is 9.19. The zero-order chi connectivity index (χ0) is 19.1. The molecule has 2 aliphatic heterocycles. The summed E-state index contributed by atoms with van der Waals surface area (Å²) in [7, 11) is 5.50. The van der Waals surface area contributed by atoms with Crippen molar-refractivity contribution in [2.75, 3.05) is 32.6 Å². The highest BCUT2D eigenvalue weighted by Crippen LogP contribution is 2.44. The predicted molar refractivity (Wildman–Crippen MR) is 107 cm³/mol. The molecule has 0 spiro atoms. The first-order chi connectivity index (χ1) is 13.0. The fourth-order valence-electron chi connectivity index (χ4n) is 3.91. The molecule has 5 heteroatoms. The number of anilines is 2. The third-order valence-corrected chi connectivity index (χ3v) is 5.25. The molecule has 2 amide bonds. The number of benzene rings is 2. The van der Waals surface area contributed by atoms with Crippen LogP contribution in [0.2, 0.25) is 0 Å². The summed E-state index contributed by atoms with van der Waals surface area (Å²) in [4.78, 5) is 31.3. The summed E-state index contributed by atoms with van der Waals surface area (Å²) in [6.45, 7) is 0.973. The molecule has 0 radical (unpaired) electrons. The van der Waals surface area contributed by atoms with Crippen molar-refractivity contribution >= 4 is 28.8 Å². The summed E-state index contributed by atoms with van der Waals surface area (Å²) in [5.74, 6) is -0.0970. The van der Waals surface area contributed by atoms with Crippen LogP contribution in [0.25, 0.3) is 5.57 Å². The first kappa shape index (κ1) is 17.3. The second-order valence-corrected chi connectivity index (χ2v) is 7.25. The number of hydrogen-bond acceptors (Lipinski definition) is 3. The van der Waals surface area contributed by atoms with Crippen LogP contribution in [0.5, 0.6) is 0 Å². The topological polar surface area (TPSA) is 43.9 Å². The Morgan fingerprint density at radius 2 is 1.85 bits per heavy atom.